The van der Waals surface area contributed by atoms with Gasteiger partial charge in [-0.05, 0) is 44.2 Å². The second kappa shape index (κ2) is 7.43. The first-order valence-corrected chi connectivity index (χ1v) is 8.88. The monoisotopic (exact) mass is 317 g/mol. The summed E-state index contributed by atoms with van der Waals surface area (Å²) in [5.41, 5.74) is 0.779. The number of hydrogen-bond donors (Lipinski definition) is 1. The Kier molecular flexibility index (Phi) is 6.49. The fraction of sp³-hybridized carbons (Fsp3) is 0.600. The zero-order valence-corrected chi connectivity index (χ0v) is 14.1. The molecular formula is C15H24ClNO2S. The molecule has 0 aliphatic heterocycles. The SMILES string of the molecule is CC(C)CC(Cl)Cc1ccccc1S(=O)(=O)NC(C)C. The molecule has 0 aliphatic rings. The van der Waals surface area contributed by atoms with Gasteiger partial charge in [-0.1, -0.05) is 32.0 Å². The van der Waals surface area contributed by atoms with Gasteiger partial charge >= 0.3 is 0 Å². The van der Waals surface area contributed by atoms with E-state index in [0.717, 1.165) is 12.0 Å². The van der Waals surface area contributed by atoms with Gasteiger partial charge in [0.05, 0.1) is 4.90 Å². The molecule has 0 fully saturated rings. The first kappa shape index (κ1) is 17.5. The van der Waals surface area contributed by atoms with Gasteiger partial charge in [0.15, 0.2) is 0 Å². The molecule has 1 N–H and O–H groups in total. The Morgan fingerprint density at radius 3 is 2.30 bits per heavy atom. The zero-order chi connectivity index (χ0) is 15.3. The molecule has 0 saturated carbocycles. The predicted molar refractivity (Wildman–Crippen MR) is 84.7 cm³/mol. The molecule has 20 heavy (non-hydrogen) atoms. The normalized spacial score (nSPS) is 13.9. The minimum absolute atomic E-state index is 0.0506. The first-order valence-electron chi connectivity index (χ1n) is 6.96. The lowest BCUT2D eigenvalue weighted by Crippen LogP contribution is -2.31. The first-order chi connectivity index (χ1) is 9.22. The summed E-state index contributed by atoms with van der Waals surface area (Å²) < 4.78 is 27.2. The average molecular weight is 318 g/mol. The largest absolute Gasteiger partial charge is 0.241 e. The van der Waals surface area contributed by atoms with E-state index in [0.29, 0.717) is 17.2 Å². The Balaban J connectivity index is 2.99. The minimum Gasteiger partial charge on any atom is -0.209 e. The number of sulfonamides is 1. The lowest BCUT2D eigenvalue weighted by atomic mass is 10.0. The number of alkyl halides is 1. The molecule has 0 heterocycles. The van der Waals surface area contributed by atoms with Crippen LogP contribution in [0.15, 0.2) is 29.2 Å². The molecular weight excluding hydrogens is 294 g/mol. The molecule has 0 aromatic heterocycles. The summed E-state index contributed by atoms with van der Waals surface area (Å²) in [5, 5.41) is -0.0506. The Hall–Kier alpha value is -0.580. The van der Waals surface area contributed by atoms with Crippen LogP contribution in [-0.4, -0.2) is 19.8 Å². The fourth-order valence-electron chi connectivity index (χ4n) is 2.14. The number of rotatable bonds is 7. The van der Waals surface area contributed by atoms with Crippen LogP contribution in [0.4, 0.5) is 0 Å². The molecule has 114 valence electrons. The fourth-order valence-corrected chi connectivity index (χ4v) is 4.17. The molecule has 0 bridgehead atoms. The highest BCUT2D eigenvalue weighted by Crippen LogP contribution is 2.22. The third-order valence-corrected chi connectivity index (χ3v) is 4.91. The quantitative estimate of drug-likeness (QED) is 0.781. The van der Waals surface area contributed by atoms with E-state index in [1.165, 1.54) is 0 Å². The van der Waals surface area contributed by atoms with Crippen molar-refractivity contribution in [3.05, 3.63) is 29.8 Å². The highest BCUT2D eigenvalue weighted by Gasteiger charge is 2.20. The molecule has 3 nitrogen and oxygen atoms in total. The smallest absolute Gasteiger partial charge is 0.209 e. The standard InChI is InChI=1S/C15H24ClNO2S/c1-11(2)9-14(16)10-13-7-5-6-8-15(13)20(18,19)17-12(3)4/h5-8,11-12,14,17H,9-10H2,1-4H3. The summed E-state index contributed by atoms with van der Waals surface area (Å²) >= 11 is 6.32. The Morgan fingerprint density at radius 2 is 1.75 bits per heavy atom. The van der Waals surface area contributed by atoms with E-state index < -0.39 is 10.0 Å². The van der Waals surface area contributed by atoms with Gasteiger partial charge in [0.25, 0.3) is 0 Å². The molecule has 5 heteroatoms. The summed E-state index contributed by atoms with van der Waals surface area (Å²) in [4.78, 5) is 0.336. The van der Waals surface area contributed by atoms with Gasteiger partial charge in [0.1, 0.15) is 0 Å². The Morgan fingerprint density at radius 1 is 1.15 bits per heavy atom. The van der Waals surface area contributed by atoms with E-state index in [2.05, 4.69) is 18.6 Å². The van der Waals surface area contributed by atoms with Gasteiger partial charge < -0.3 is 0 Å². The maximum atomic E-state index is 12.3. The van der Waals surface area contributed by atoms with Gasteiger partial charge in [-0.2, -0.15) is 0 Å². The average Bonchev–Trinajstić information content (AvgIpc) is 2.26. The highest BCUT2D eigenvalue weighted by molar-refractivity contribution is 7.89. The van der Waals surface area contributed by atoms with E-state index in [9.17, 15) is 8.42 Å². The van der Waals surface area contributed by atoms with Crippen LogP contribution in [0.25, 0.3) is 0 Å². The molecule has 0 aliphatic carbocycles. The van der Waals surface area contributed by atoms with Gasteiger partial charge in [0, 0.05) is 11.4 Å². The number of halogens is 1. The van der Waals surface area contributed by atoms with Crippen LogP contribution in [0.3, 0.4) is 0 Å². The van der Waals surface area contributed by atoms with Gasteiger partial charge in [-0.3, -0.25) is 0 Å². The summed E-state index contributed by atoms with van der Waals surface area (Å²) in [6.07, 6.45) is 1.43. The van der Waals surface area contributed by atoms with Crippen molar-refractivity contribution in [1.29, 1.82) is 0 Å². The highest BCUT2D eigenvalue weighted by atomic mass is 35.5. The van der Waals surface area contributed by atoms with Crippen LogP contribution < -0.4 is 4.72 Å². The van der Waals surface area contributed by atoms with Crippen LogP contribution in [0.1, 0.15) is 39.7 Å². The minimum atomic E-state index is -3.47. The molecule has 0 amide bonds. The van der Waals surface area contributed by atoms with E-state index >= 15 is 0 Å². The van der Waals surface area contributed by atoms with Crippen molar-refractivity contribution < 1.29 is 8.42 Å². The molecule has 0 radical (unpaired) electrons. The van der Waals surface area contributed by atoms with Crippen molar-refractivity contribution >= 4 is 21.6 Å². The van der Waals surface area contributed by atoms with Crippen molar-refractivity contribution in [3.63, 3.8) is 0 Å². The van der Waals surface area contributed by atoms with Crippen molar-refractivity contribution in [2.75, 3.05) is 0 Å². The summed E-state index contributed by atoms with van der Waals surface area (Å²) in [5.74, 6) is 0.495. The second-order valence-corrected chi connectivity index (χ2v) is 8.11. The second-order valence-electron chi connectivity index (χ2n) is 5.81. The molecule has 0 saturated heterocycles. The number of hydrogen-bond acceptors (Lipinski definition) is 2. The molecule has 1 unspecified atom stereocenters. The molecule has 1 aromatic rings. The number of benzene rings is 1. The van der Waals surface area contributed by atoms with Gasteiger partial charge in [-0.15, -0.1) is 11.6 Å². The van der Waals surface area contributed by atoms with Gasteiger partial charge in [-0.25, -0.2) is 13.1 Å². The van der Waals surface area contributed by atoms with Gasteiger partial charge in [0.2, 0.25) is 10.0 Å². The maximum Gasteiger partial charge on any atom is 0.241 e. The topological polar surface area (TPSA) is 46.2 Å². The van der Waals surface area contributed by atoms with Crippen molar-refractivity contribution in [1.82, 2.24) is 4.72 Å². The van der Waals surface area contributed by atoms with Crippen molar-refractivity contribution in [3.8, 4) is 0 Å². The summed E-state index contributed by atoms with van der Waals surface area (Å²) in [6, 6.07) is 6.94. The maximum absolute atomic E-state index is 12.3. The van der Waals surface area contributed by atoms with Crippen molar-refractivity contribution in [2.45, 2.75) is 56.9 Å². The lowest BCUT2D eigenvalue weighted by Gasteiger charge is -2.16. The third kappa shape index (κ3) is 5.43. The van der Waals surface area contributed by atoms with Crippen LogP contribution in [0.5, 0.6) is 0 Å². The van der Waals surface area contributed by atoms with Crippen LogP contribution in [-0.2, 0) is 16.4 Å². The molecule has 1 atom stereocenters. The van der Waals surface area contributed by atoms with Crippen LogP contribution in [0, 0.1) is 5.92 Å². The molecule has 0 spiro atoms. The van der Waals surface area contributed by atoms with Crippen LogP contribution in [0.2, 0.25) is 0 Å². The summed E-state index contributed by atoms with van der Waals surface area (Å²) in [7, 11) is -3.47. The summed E-state index contributed by atoms with van der Waals surface area (Å²) in [6.45, 7) is 7.84. The Labute approximate surface area is 127 Å². The van der Waals surface area contributed by atoms with Crippen LogP contribution >= 0.6 is 11.6 Å². The zero-order valence-electron chi connectivity index (χ0n) is 12.6. The van der Waals surface area contributed by atoms with E-state index in [1.54, 1.807) is 12.1 Å². The molecule has 1 rings (SSSR count). The van der Waals surface area contributed by atoms with E-state index in [-0.39, 0.29) is 11.4 Å². The number of nitrogens with one attached hydrogen (secondary N) is 1. The Bertz CT molecular complexity index is 526. The molecule has 1 aromatic carbocycles. The van der Waals surface area contributed by atoms with E-state index in [4.69, 9.17) is 11.6 Å². The van der Waals surface area contributed by atoms with Crippen molar-refractivity contribution in [2.24, 2.45) is 5.92 Å². The third-order valence-electron chi connectivity index (χ3n) is 2.82. The van der Waals surface area contributed by atoms with E-state index in [1.807, 2.05) is 26.0 Å². The lowest BCUT2D eigenvalue weighted by molar-refractivity contribution is 0.555. The predicted octanol–water partition coefficient (Wildman–Crippen LogP) is 3.57.